The number of hydrogen-bond acceptors (Lipinski definition) is 3. The summed E-state index contributed by atoms with van der Waals surface area (Å²) in [5.74, 6) is 1.89. The average molecular weight is 386 g/mol. The Hall–Kier alpha value is -1.51. The van der Waals surface area contributed by atoms with Crippen LogP contribution in [-0.4, -0.2) is 6.61 Å². The van der Waals surface area contributed by atoms with Gasteiger partial charge in [-0.3, -0.25) is 0 Å². The summed E-state index contributed by atoms with van der Waals surface area (Å²) < 4.78 is 12.7. The van der Waals surface area contributed by atoms with Crippen molar-refractivity contribution in [3.63, 3.8) is 0 Å². The molecule has 0 aliphatic carbocycles. The Morgan fingerprint density at radius 2 is 1.77 bits per heavy atom. The number of benzene rings is 1. The van der Waals surface area contributed by atoms with E-state index in [4.69, 9.17) is 9.15 Å². The Labute approximate surface area is 139 Å². The summed E-state index contributed by atoms with van der Waals surface area (Å²) in [5.41, 5.74) is 0.913. The van der Waals surface area contributed by atoms with Crippen molar-refractivity contribution in [3.05, 3.63) is 52.9 Å². The van der Waals surface area contributed by atoms with Crippen molar-refractivity contribution in [2.45, 2.75) is 47.7 Å². The third-order valence-corrected chi connectivity index (χ3v) is 59.4. The molecule has 4 unspecified atom stereocenters. The molecule has 10 saturated heterocycles. The number of hydrogen-bond donors (Lipinski definition) is 0. The van der Waals surface area contributed by atoms with Crippen LogP contribution in [0.3, 0.4) is 0 Å². The van der Waals surface area contributed by atoms with Crippen molar-refractivity contribution in [2.75, 3.05) is 6.61 Å². The van der Waals surface area contributed by atoms with Gasteiger partial charge in [-0.15, -0.1) is 0 Å². The first-order valence-corrected chi connectivity index (χ1v) is 16.3. The molecule has 10 aliphatic heterocycles. The zero-order valence-corrected chi connectivity index (χ0v) is 15.2. The molecule has 4 atom stereocenters. The first-order chi connectivity index (χ1) is 12.5. The first-order valence-electron chi connectivity index (χ1n) is 9.99. The topological polar surface area (TPSA) is 39.4 Å². The van der Waals surface area contributed by atoms with Gasteiger partial charge >= 0.3 is 140 Å². The van der Waals surface area contributed by atoms with Gasteiger partial charge in [-0.25, -0.2) is 0 Å². The normalized spacial score (nSPS) is 81.8. The van der Waals surface area contributed by atoms with Crippen LogP contribution in [0.15, 0.2) is 46.1 Å². The molecule has 1 aromatic heterocycles. The molecule has 0 bridgehead atoms. The quantitative estimate of drug-likeness (QED) is 0.539. The second-order valence-corrected chi connectivity index (χ2v) is 36.5. The van der Waals surface area contributed by atoms with E-state index in [1.165, 1.54) is 39.5 Å². The average Bonchev–Trinajstić information content (AvgIpc) is 3.59. The van der Waals surface area contributed by atoms with Gasteiger partial charge in [0.05, 0.1) is 0 Å². The second kappa shape index (κ2) is 1.20. The summed E-state index contributed by atoms with van der Waals surface area (Å²) in [5, 5.41) is 0.669. The van der Waals surface area contributed by atoms with Gasteiger partial charge in [-0.05, 0) is 0 Å². The summed E-state index contributed by atoms with van der Waals surface area (Å²) in [4.78, 5) is 24.0. The predicted octanol–water partition coefficient (Wildman–Crippen LogP) is 5.15. The van der Waals surface area contributed by atoms with Gasteiger partial charge in [0.2, 0.25) is 0 Å². The van der Waals surface area contributed by atoms with Gasteiger partial charge in [-0.2, -0.15) is 0 Å². The summed E-state index contributed by atoms with van der Waals surface area (Å²) in [6.45, 7) is 0.856. The molecule has 4 heteroatoms. The molecule has 26 heavy (non-hydrogen) atoms. The van der Waals surface area contributed by atoms with E-state index in [1.807, 2.05) is 24.3 Å². The van der Waals surface area contributed by atoms with Crippen molar-refractivity contribution in [1.82, 2.24) is 0 Å². The molecule has 10 aliphatic rings. The molecule has 3 nitrogen and oxygen atoms in total. The fourth-order valence-corrected chi connectivity index (χ4v) is 92.3. The van der Waals surface area contributed by atoms with Gasteiger partial charge in [0.25, 0.3) is 0 Å². The van der Waals surface area contributed by atoms with Gasteiger partial charge < -0.3 is 0 Å². The van der Waals surface area contributed by atoms with Crippen LogP contribution in [0.1, 0.15) is 5.76 Å². The van der Waals surface area contributed by atoms with Crippen LogP contribution in [0.4, 0.5) is 0 Å². The van der Waals surface area contributed by atoms with E-state index in [-0.39, 0.29) is 5.43 Å². The molecule has 1 spiro atoms. The van der Waals surface area contributed by atoms with E-state index in [0.29, 0.717) is 16.3 Å². The van der Waals surface area contributed by atoms with E-state index in [9.17, 15) is 4.79 Å². The van der Waals surface area contributed by atoms with E-state index >= 15 is 0 Å². The van der Waals surface area contributed by atoms with Crippen molar-refractivity contribution in [1.29, 1.82) is 0 Å². The van der Waals surface area contributed by atoms with E-state index in [2.05, 4.69) is 6.58 Å². The molecule has 0 saturated carbocycles. The van der Waals surface area contributed by atoms with Crippen molar-refractivity contribution >= 4 is 11.0 Å². The maximum atomic E-state index is 13.0. The first kappa shape index (κ1) is 10.7. The minimum absolute atomic E-state index is 0.140. The third-order valence-electron chi connectivity index (χ3n) is 17.1. The molecule has 12 rings (SSSR count). The second-order valence-electron chi connectivity index (χ2n) is 12.9. The SMILES string of the molecule is C=CCOc1ccc2oc([C]34[CH]5[CH]6[CH]7[CH]3[Fe]6754389%10[CH]4[CH]3[CH]8[CH]9[CH]4%10)cc(=O)c2c1. The Bertz CT molecular complexity index is 1590. The van der Waals surface area contributed by atoms with E-state index in [1.54, 1.807) is 6.08 Å². The molecular weight excluding hydrogens is 368 g/mol. The van der Waals surface area contributed by atoms with Gasteiger partial charge in [0, 0.05) is 0 Å². The molecule has 132 valence electrons. The van der Waals surface area contributed by atoms with Crippen LogP contribution in [0.2, 0.25) is 43.3 Å². The number of fused-ring (bicyclic) bond motifs is 11. The Morgan fingerprint density at radius 3 is 2.31 bits per heavy atom. The summed E-state index contributed by atoms with van der Waals surface area (Å²) in [6, 6.07) is 7.65. The summed E-state index contributed by atoms with van der Waals surface area (Å²) in [7, 11) is 0. The van der Waals surface area contributed by atoms with Crippen molar-refractivity contribution < 1.29 is 15.7 Å². The molecule has 0 N–H and O–H groups in total. The van der Waals surface area contributed by atoms with Crippen molar-refractivity contribution in [3.8, 4) is 5.75 Å². The molecule has 10 fully saturated rings. The van der Waals surface area contributed by atoms with Crippen LogP contribution in [-0.2, 0) is 10.8 Å². The molecule has 11 heterocycles. The van der Waals surface area contributed by atoms with Crippen molar-refractivity contribution in [2.24, 2.45) is 0 Å². The Kier molecular flexibility index (Phi) is 0.495. The molecule has 0 amide bonds. The fourth-order valence-electron chi connectivity index (χ4n) is 18.4. The monoisotopic (exact) mass is 386 g/mol. The number of rotatable bonds is 4. The molecule has 2 aromatic rings. The van der Waals surface area contributed by atoms with Gasteiger partial charge in [0.1, 0.15) is 0 Å². The van der Waals surface area contributed by atoms with Crippen LogP contribution >= 0.6 is 0 Å². The zero-order chi connectivity index (χ0) is 16.6. The summed E-state index contributed by atoms with van der Waals surface area (Å²) in [6.07, 6.45) is 1.72. The van der Waals surface area contributed by atoms with E-state index in [0.717, 1.165) is 21.0 Å². The van der Waals surface area contributed by atoms with Crippen LogP contribution in [0.25, 0.3) is 11.0 Å². The van der Waals surface area contributed by atoms with Gasteiger partial charge in [0.15, 0.2) is 0 Å². The van der Waals surface area contributed by atoms with Crippen LogP contribution in [0.5, 0.6) is 5.75 Å². The molecule has 0 radical (unpaired) electrons. The molecular formula is C22H18FeO3. The predicted molar refractivity (Wildman–Crippen MR) is 93.6 cm³/mol. The molecule has 1 aromatic carbocycles. The summed E-state index contributed by atoms with van der Waals surface area (Å²) >= 11 is 0. The Balaban J connectivity index is 1.18. The maximum absolute atomic E-state index is 13.0. The minimum atomic E-state index is -3.28. The van der Waals surface area contributed by atoms with Crippen LogP contribution in [0, 0.1) is 0 Å². The number of ether oxygens (including phenoxy) is 1. The van der Waals surface area contributed by atoms with E-state index < -0.39 is 6.51 Å². The van der Waals surface area contributed by atoms with Gasteiger partial charge in [-0.1, -0.05) is 0 Å². The third kappa shape index (κ3) is 0.171. The fraction of sp³-hybridized carbons (Fsp3) is 0.500. The standard InChI is InChI=1S/C17H13O3.C5H5.Fe/c1-2-9-19-13-7-8-16-14(10-13)15(18)11-17(20-16)12-5-3-4-6-12;1-2-4-5-3-1;/h2-8,10-11H,1,9H2;1-5H;. The zero-order valence-electron chi connectivity index (χ0n) is 14.1. The van der Waals surface area contributed by atoms with Crippen LogP contribution < -0.4 is 10.2 Å². The Morgan fingerprint density at radius 1 is 1.08 bits per heavy atom.